The van der Waals surface area contributed by atoms with Crippen molar-refractivity contribution >= 4 is 0 Å². The van der Waals surface area contributed by atoms with E-state index in [1.807, 2.05) is 0 Å². The lowest BCUT2D eigenvalue weighted by atomic mass is 10.0. The summed E-state index contributed by atoms with van der Waals surface area (Å²) in [4.78, 5) is 2.65. The minimum absolute atomic E-state index is 0.598. The zero-order chi connectivity index (χ0) is 13.7. The Morgan fingerprint density at radius 1 is 1.05 bits per heavy atom. The van der Waals surface area contributed by atoms with Crippen molar-refractivity contribution in [3.05, 3.63) is 35.4 Å². The summed E-state index contributed by atoms with van der Waals surface area (Å²) in [5.74, 6) is 0. The Kier molecular flexibility index (Phi) is 5.41. The monoisotopic (exact) mass is 260 g/mol. The van der Waals surface area contributed by atoms with Crippen molar-refractivity contribution in [2.75, 3.05) is 19.6 Å². The van der Waals surface area contributed by atoms with Crippen LogP contribution < -0.4 is 5.32 Å². The van der Waals surface area contributed by atoms with Crippen molar-refractivity contribution < 1.29 is 0 Å². The second kappa shape index (κ2) is 7.06. The van der Waals surface area contributed by atoms with E-state index in [2.05, 4.69) is 55.3 Å². The van der Waals surface area contributed by atoms with Gasteiger partial charge in [0.25, 0.3) is 0 Å². The molecule has 0 fully saturated rings. The normalized spacial score (nSPS) is 18.1. The maximum absolute atomic E-state index is 3.52. The molecule has 0 saturated carbocycles. The van der Waals surface area contributed by atoms with Gasteiger partial charge in [0.2, 0.25) is 0 Å². The first-order valence-electron chi connectivity index (χ1n) is 7.71. The highest BCUT2D eigenvalue weighted by molar-refractivity contribution is 5.28. The van der Waals surface area contributed by atoms with Crippen LogP contribution >= 0.6 is 0 Å². The summed E-state index contributed by atoms with van der Waals surface area (Å²) < 4.78 is 0. The molecule has 0 aromatic heterocycles. The molecule has 1 aromatic rings. The lowest BCUT2D eigenvalue weighted by molar-refractivity contribution is 0.207. The molecule has 2 heteroatoms. The van der Waals surface area contributed by atoms with E-state index < -0.39 is 0 Å². The summed E-state index contributed by atoms with van der Waals surface area (Å²) in [7, 11) is 0. The van der Waals surface area contributed by atoms with Crippen LogP contribution in [0, 0.1) is 0 Å². The van der Waals surface area contributed by atoms with Gasteiger partial charge in [-0.2, -0.15) is 0 Å². The fourth-order valence-electron chi connectivity index (χ4n) is 2.89. The summed E-state index contributed by atoms with van der Waals surface area (Å²) in [6.45, 7) is 10.3. The van der Waals surface area contributed by atoms with E-state index in [4.69, 9.17) is 0 Å². The largest absolute Gasteiger partial charge is 0.314 e. The molecule has 1 aliphatic heterocycles. The molecule has 0 aliphatic carbocycles. The zero-order valence-electron chi connectivity index (χ0n) is 12.7. The van der Waals surface area contributed by atoms with Gasteiger partial charge in [-0.05, 0) is 43.9 Å². The average molecular weight is 260 g/mol. The highest BCUT2D eigenvalue weighted by Gasteiger charge is 2.17. The third kappa shape index (κ3) is 4.32. The van der Waals surface area contributed by atoms with Crippen molar-refractivity contribution in [3.63, 3.8) is 0 Å². The Labute approximate surface area is 118 Å². The predicted octanol–water partition coefficient (Wildman–Crippen LogP) is 2.86. The molecule has 2 nitrogen and oxygen atoms in total. The molecule has 0 bridgehead atoms. The van der Waals surface area contributed by atoms with Crippen LogP contribution in [0.4, 0.5) is 0 Å². The van der Waals surface area contributed by atoms with Gasteiger partial charge < -0.3 is 5.32 Å². The van der Waals surface area contributed by atoms with E-state index in [-0.39, 0.29) is 0 Å². The van der Waals surface area contributed by atoms with Crippen LogP contribution in [-0.4, -0.2) is 36.6 Å². The van der Waals surface area contributed by atoms with Crippen LogP contribution in [0.3, 0.4) is 0 Å². The first-order chi connectivity index (χ1) is 9.16. The van der Waals surface area contributed by atoms with Gasteiger partial charge in [-0.15, -0.1) is 0 Å². The summed E-state index contributed by atoms with van der Waals surface area (Å²) in [5.41, 5.74) is 3.11. The Morgan fingerprint density at radius 3 is 2.16 bits per heavy atom. The van der Waals surface area contributed by atoms with Crippen molar-refractivity contribution in [1.82, 2.24) is 10.2 Å². The predicted molar refractivity (Wildman–Crippen MR) is 82.6 cm³/mol. The molecule has 1 aliphatic rings. The van der Waals surface area contributed by atoms with Gasteiger partial charge in [0, 0.05) is 25.2 Å². The van der Waals surface area contributed by atoms with Gasteiger partial charge >= 0.3 is 0 Å². The fourth-order valence-corrected chi connectivity index (χ4v) is 2.89. The molecule has 0 radical (unpaired) electrons. The maximum atomic E-state index is 3.52. The molecule has 0 saturated heterocycles. The lowest BCUT2D eigenvalue weighted by Gasteiger charge is -2.28. The molecule has 0 amide bonds. The lowest BCUT2D eigenvalue weighted by Crippen LogP contribution is -2.38. The molecule has 1 unspecified atom stereocenters. The van der Waals surface area contributed by atoms with Gasteiger partial charge in [0.05, 0.1) is 0 Å². The van der Waals surface area contributed by atoms with E-state index >= 15 is 0 Å². The molecule has 106 valence electrons. The van der Waals surface area contributed by atoms with Gasteiger partial charge in [0.15, 0.2) is 0 Å². The molecule has 1 N–H and O–H groups in total. The third-order valence-electron chi connectivity index (χ3n) is 4.19. The van der Waals surface area contributed by atoms with Crippen LogP contribution in [0.5, 0.6) is 0 Å². The van der Waals surface area contributed by atoms with Crippen LogP contribution in [0.2, 0.25) is 0 Å². The highest BCUT2D eigenvalue weighted by atomic mass is 15.1. The molecule has 2 rings (SSSR count). The quantitative estimate of drug-likeness (QED) is 0.876. The number of benzene rings is 1. The molecule has 1 heterocycles. The van der Waals surface area contributed by atoms with E-state index in [0.29, 0.717) is 12.1 Å². The molecular formula is C17H28N2. The Hall–Kier alpha value is -0.860. The SMILES string of the molecule is CC(C)NCCC(C)N1CCc2ccccc2CC1. The second-order valence-corrected chi connectivity index (χ2v) is 6.05. The van der Waals surface area contributed by atoms with Crippen molar-refractivity contribution in [3.8, 4) is 0 Å². The van der Waals surface area contributed by atoms with Gasteiger partial charge in [-0.3, -0.25) is 4.90 Å². The van der Waals surface area contributed by atoms with Gasteiger partial charge in [-0.25, -0.2) is 0 Å². The van der Waals surface area contributed by atoms with E-state index in [1.165, 1.54) is 32.4 Å². The molecule has 1 aromatic carbocycles. The number of nitrogens with zero attached hydrogens (tertiary/aromatic N) is 1. The minimum Gasteiger partial charge on any atom is -0.314 e. The fraction of sp³-hybridized carbons (Fsp3) is 0.647. The van der Waals surface area contributed by atoms with E-state index in [1.54, 1.807) is 11.1 Å². The average Bonchev–Trinajstić information content (AvgIpc) is 2.60. The summed E-state index contributed by atoms with van der Waals surface area (Å²) in [6, 6.07) is 10.2. The van der Waals surface area contributed by atoms with Gasteiger partial charge in [0.1, 0.15) is 0 Å². The number of hydrogen-bond donors (Lipinski definition) is 1. The van der Waals surface area contributed by atoms with Crippen LogP contribution in [0.15, 0.2) is 24.3 Å². The molecule has 1 atom stereocenters. The number of hydrogen-bond acceptors (Lipinski definition) is 2. The standard InChI is InChI=1S/C17H28N2/c1-14(2)18-11-8-15(3)19-12-9-16-6-4-5-7-17(16)10-13-19/h4-7,14-15,18H,8-13H2,1-3H3. The Balaban J connectivity index is 1.83. The van der Waals surface area contributed by atoms with Crippen LogP contribution in [0.25, 0.3) is 0 Å². The van der Waals surface area contributed by atoms with Crippen molar-refractivity contribution in [2.24, 2.45) is 0 Å². The first kappa shape index (κ1) is 14.5. The number of rotatable bonds is 5. The van der Waals surface area contributed by atoms with E-state index in [0.717, 1.165) is 6.54 Å². The Morgan fingerprint density at radius 2 is 1.63 bits per heavy atom. The van der Waals surface area contributed by atoms with Crippen LogP contribution in [-0.2, 0) is 12.8 Å². The topological polar surface area (TPSA) is 15.3 Å². The maximum Gasteiger partial charge on any atom is 0.00792 e. The number of fused-ring (bicyclic) bond motifs is 1. The van der Waals surface area contributed by atoms with Crippen molar-refractivity contribution in [1.29, 1.82) is 0 Å². The second-order valence-electron chi connectivity index (χ2n) is 6.05. The summed E-state index contributed by atoms with van der Waals surface area (Å²) >= 11 is 0. The Bertz CT molecular complexity index is 360. The first-order valence-corrected chi connectivity index (χ1v) is 7.71. The summed E-state index contributed by atoms with van der Waals surface area (Å²) in [5, 5.41) is 3.52. The molecule has 19 heavy (non-hydrogen) atoms. The summed E-state index contributed by atoms with van der Waals surface area (Å²) in [6.07, 6.45) is 3.66. The molecular weight excluding hydrogens is 232 g/mol. The zero-order valence-corrected chi connectivity index (χ0v) is 12.7. The number of nitrogens with one attached hydrogen (secondary N) is 1. The van der Waals surface area contributed by atoms with Crippen LogP contribution in [0.1, 0.15) is 38.3 Å². The third-order valence-corrected chi connectivity index (χ3v) is 4.19. The van der Waals surface area contributed by atoms with E-state index in [9.17, 15) is 0 Å². The molecule has 0 spiro atoms. The van der Waals surface area contributed by atoms with Gasteiger partial charge in [-0.1, -0.05) is 38.1 Å². The van der Waals surface area contributed by atoms with Crippen molar-refractivity contribution in [2.45, 2.75) is 52.1 Å². The smallest absolute Gasteiger partial charge is 0.00792 e. The minimum atomic E-state index is 0.598. The highest BCUT2D eigenvalue weighted by Crippen LogP contribution is 2.17.